The number of carbonyl (C=O) groups is 2. The maximum Gasteiger partial charge on any atom is 0.328 e. The second kappa shape index (κ2) is 7.71. The van der Waals surface area contributed by atoms with Gasteiger partial charge in [0, 0.05) is 11.1 Å². The summed E-state index contributed by atoms with van der Waals surface area (Å²) in [5.41, 5.74) is 1.97. The Morgan fingerprint density at radius 2 is 1.78 bits per heavy atom. The van der Waals surface area contributed by atoms with E-state index in [1.54, 1.807) is 30.3 Å². The van der Waals surface area contributed by atoms with Crippen molar-refractivity contribution in [2.24, 2.45) is 4.99 Å². The van der Waals surface area contributed by atoms with Crippen LogP contribution in [0.4, 0.5) is 0 Å². The first-order chi connectivity index (χ1) is 12.9. The Kier molecular flexibility index (Phi) is 5.36. The van der Waals surface area contributed by atoms with E-state index >= 15 is 0 Å². The molecule has 0 radical (unpaired) electrons. The van der Waals surface area contributed by atoms with Gasteiger partial charge in [-0.05, 0) is 24.1 Å². The number of hydrogen-bond donors (Lipinski definition) is 1. The zero-order valence-corrected chi connectivity index (χ0v) is 15.5. The molecule has 2 aromatic rings. The van der Waals surface area contributed by atoms with Crippen LogP contribution in [0.25, 0.3) is 0 Å². The first kappa shape index (κ1) is 18.8. The minimum Gasteiger partial charge on any atom is -0.456 e. The summed E-state index contributed by atoms with van der Waals surface area (Å²) >= 11 is 0. The van der Waals surface area contributed by atoms with Gasteiger partial charge in [-0.1, -0.05) is 43.3 Å². The lowest BCUT2D eigenvalue weighted by Gasteiger charge is -2.04. The van der Waals surface area contributed by atoms with Crippen LogP contribution < -0.4 is 4.72 Å². The largest absolute Gasteiger partial charge is 0.456 e. The molecule has 0 bridgehead atoms. The molecular formula is C19H18N2O5S. The van der Waals surface area contributed by atoms with Crippen molar-refractivity contribution in [1.29, 1.82) is 0 Å². The molecule has 1 aliphatic rings. The number of esters is 1. The minimum absolute atomic E-state index is 0.0871. The minimum atomic E-state index is -3.66. The van der Waals surface area contributed by atoms with Crippen molar-refractivity contribution >= 4 is 27.6 Å². The molecule has 1 N–H and O–H groups in total. The number of aryl methyl sites for hydroxylation is 1. The maximum atomic E-state index is 12.1. The average Bonchev–Trinajstić information content (AvgIpc) is 2.95. The van der Waals surface area contributed by atoms with E-state index in [0.717, 1.165) is 12.0 Å². The molecule has 0 aliphatic carbocycles. The van der Waals surface area contributed by atoms with Gasteiger partial charge in [-0.15, -0.1) is 0 Å². The highest BCUT2D eigenvalue weighted by Gasteiger charge is 2.30. The summed E-state index contributed by atoms with van der Waals surface area (Å²) in [6, 6.07) is 13.4. The van der Waals surface area contributed by atoms with E-state index in [1.807, 2.05) is 19.1 Å². The van der Waals surface area contributed by atoms with Crippen LogP contribution in [0.3, 0.4) is 0 Å². The molecule has 0 amide bonds. The number of amidine groups is 1. The summed E-state index contributed by atoms with van der Waals surface area (Å²) in [5, 5.41) is 0. The Hall–Kier alpha value is -3.00. The fraction of sp³-hybridized carbons (Fsp3) is 0.211. The standard InChI is InChI=1S/C19H18N2O5S/c1-2-13-7-9-14(10-8-13)16(22)12-26-18(23)11-20-19-15-5-3-4-6-17(15)27(24,25)21-19/h3-10H,2,11-12H2,1H3,(H,20,21). The molecule has 0 fully saturated rings. The van der Waals surface area contributed by atoms with Crippen LogP contribution in [0.2, 0.25) is 0 Å². The molecule has 0 aromatic heterocycles. The summed E-state index contributed by atoms with van der Waals surface area (Å²) in [4.78, 5) is 28.0. The number of carbonyl (C=O) groups excluding carboxylic acids is 2. The Morgan fingerprint density at radius 1 is 1.07 bits per heavy atom. The molecule has 140 valence electrons. The van der Waals surface area contributed by atoms with Crippen molar-refractivity contribution in [2.45, 2.75) is 18.2 Å². The number of ether oxygens (including phenoxy) is 1. The molecular weight excluding hydrogens is 368 g/mol. The number of benzene rings is 2. The molecule has 27 heavy (non-hydrogen) atoms. The Balaban J connectivity index is 1.59. The summed E-state index contributed by atoms with van der Waals surface area (Å²) in [6.45, 7) is 1.23. The van der Waals surface area contributed by atoms with E-state index in [0.29, 0.717) is 11.1 Å². The predicted molar refractivity (Wildman–Crippen MR) is 99.3 cm³/mol. The molecule has 0 saturated carbocycles. The van der Waals surface area contributed by atoms with E-state index < -0.39 is 29.1 Å². The lowest BCUT2D eigenvalue weighted by Crippen LogP contribution is -2.24. The maximum absolute atomic E-state index is 12.1. The first-order valence-electron chi connectivity index (χ1n) is 8.35. The van der Waals surface area contributed by atoms with E-state index in [-0.39, 0.29) is 16.5 Å². The normalized spacial score (nSPS) is 15.8. The van der Waals surface area contributed by atoms with Crippen molar-refractivity contribution < 1.29 is 22.7 Å². The highest BCUT2D eigenvalue weighted by atomic mass is 32.2. The Morgan fingerprint density at radius 3 is 2.48 bits per heavy atom. The number of sulfonamides is 1. The van der Waals surface area contributed by atoms with Gasteiger partial charge in [-0.25, -0.2) is 8.42 Å². The number of rotatable bonds is 6. The third kappa shape index (κ3) is 4.22. The average molecular weight is 386 g/mol. The van der Waals surface area contributed by atoms with Crippen LogP contribution in [0.15, 0.2) is 58.4 Å². The SMILES string of the molecule is CCc1ccc(C(=O)COC(=O)CN=C2NS(=O)(=O)c3ccccc32)cc1. The van der Waals surface area contributed by atoms with Crippen molar-refractivity contribution in [3.8, 4) is 0 Å². The highest BCUT2D eigenvalue weighted by molar-refractivity contribution is 7.90. The molecule has 0 spiro atoms. The zero-order chi connectivity index (χ0) is 19.4. The molecule has 8 heteroatoms. The van der Waals surface area contributed by atoms with Gasteiger partial charge in [-0.3, -0.25) is 19.3 Å². The summed E-state index contributed by atoms with van der Waals surface area (Å²) < 4.78 is 31.2. The smallest absolute Gasteiger partial charge is 0.328 e. The van der Waals surface area contributed by atoms with Gasteiger partial charge in [0.2, 0.25) is 0 Å². The summed E-state index contributed by atoms with van der Waals surface area (Å²) in [5.74, 6) is -0.945. The van der Waals surface area contributed by atoms with Gasteiger partial charge >= 0.3 is 5.97 Å². The number of hydrogen-bond acceptors (Lipinski definition) is 6. The van der Waals surface area contributed by atoms with E-state index in [9.17, 15) is 18.0 Å². The van der Waals surface area contributed by atoms with Crippen molar-refractivity contribution in [1.82, 2.24) is 4.72 Å². The van der Waals surface area contributed by atoms with Crippen molar-refractivity contribution in [3.63, 3.8) is 0 Å². The van der Waals surface area contributed by atoms with E-state index in [4.69, 9.17) is 4.74 Å². The number of ketones is 1. The third-order valence-corrected chi connectivity index (χ3v) is 5.47. The van der Waals surface area contributed by atoms with Gasteiger partial charge in [-0.2, -0.15) is 0 Å². The number of nitrogens with zero attached hydrogens (tertiary/aromatic N) is 1. The quantitative estimate of drug-likeness (QED) is 0.602. The third-order valence-electron chi connectivity index (χ3n) is 4.08. The molecule has 7 nitrogen and oxygen atoms in total. The van der Waals surface area contributed by atoms with Crippen molar-refractivity contribution in [3.05, 3.63) is 65.2 Å². The van der Waals surface area contributed by atoms with Crippen LogP contribution in [0.1, 0.15) is 28.4 Å². The predicted octanol–water partition coefficient (Wildman–Crippen LogP) is 1.71. The number of nitrogens with one attached hydrogen (secondary N) is 1. The van der Waals surface area contributed by atoms with E-state index in [2.05, 4.69) is 9.71 Å². The van der Waals surface area contributed by atoms with Gasteiger partial charge in [0.05, 0.1) is 4.90 Å². The topological polar surface area (TPSA) is 102 Å². The zero-order valence-electron chi connectivity index (χ0n) is 14.6. The van der Waals surface area contributed by atoms with Crippen LogP contribution in [0.5, 0.6) is 0 Å². The number of aliphatic imine (C=N–C) groups is 1. The molecule has 2 aromatic carbocycles. The Labute approximate surface area is 157 Å². The van der Waals surface area contributed by atoms with E-state index in [1.165, 1.54) is 6.07 Å². The van der Waals surface area contributed by atoms with Gasteiger partial charge in [0.1, 0.15) is 12.4 Å². The second-order valence-corrected chi connectivity index (χ2v) is 7.55. The molecule has 0 saturated heterocycles. The fourth-order valence-electron chi connectivity index (χ4n) is 2.60. The number of fused-ring (bicyclic) bond motifs is 1. The summed E-state index contributed by atoms with van der Waals surface area (Å²) in [7, 11) is -3.66. The van der Waals surface area contributed by atoms with Crippen molar-refractivity contribution in [2.75, 3.05) is 13.2 Å². The van der Waals surface area contributed by atoms with Gasteiger partial charge in [0.15, 0.2) is 12.4 Å². The van der Waals surface area contributed by atoms with Crippen LogP contribution in [-0.4, -0.2) is 39.2 Å². The van der Waals surface area contributed by atoms with Crippen LogP contribution in [-0.2, 0) is 26.0 Å². The first-order valence-corrected chi connectivity index (χ1v) is 9.83. The second-order valence-electron chi connectivity index (χ2n) is 5.90. The van der Waals surface area contributed by atoms with Gasteiger partial charge < -0.3 is 4.74 Å². The lowest BCUT2D eigenvalue weighted by atomic mass is 10.1. The van der Waals surface area contributed by atoms with Crippen LogP contribution >= 0.6 is 0 Å². The molecule has 3 rings (SSSR count). The molecule has 0 atom stereocenters. The van der Waals surface area contributed by atoms with Crippen LogP contribution in [0, 0.1) is 0 Å². The summed E-state index contributed by atoms with van der Waals surface area (Å²) in [6.07, 6.45) is 0.872. The fourth-order valence-corrected chi connectivity index (χ4v) is 3.85. The Bertz CT molecular complexity index is 1010. The highest BCUT2D eigenvalue weighted by Crippen LogP contribution is 2.22. The van der Waals surface area contributed by atoms with Gasteiger partial charge in [0.25, 0.3) is 10.0 Å². The molecule has 1 heterocycles. The lowest BCUT2D eigenvalue weighted by molar-refractivity contribution is -0.140. The number of Topliss-reactive ketones (excluding diaryl/α,β-unsaturated/α-hetero) is 1. The molecule has 0 unspecified atom stereocenters. The monoisotopic (exact) mass is 386 g/mol. The molecule has 1 aliphatic heterocycles.